The van der Waals surface area contributed by atoms with E-state index in [2.05, 4.69) is 0 Å². The van der Waals surface area contributed by atoms with Crippen LogP contribution in [0.1, 0.15) is 18.4 Å². The molecule has 1 aromatic rings. The van der Waals surface area contributed by atoms with Crippen LogP contribution >= 0.6 is 23.2 Å². The molecule has 1 aliphatic heterocycles. The summed E-state index contributed by atoms with van der Waals surface area (Å²) in [6.07, 6.45) is 1.73. The molecule has 0 atom stereocenters. The number of alkyl halides is 1. The molecular formula is C15H18Cl2FNO2. The van der Waals surface area contributed by atoms with Gasteiger partial charge in [0.15, 0.2) is 0 Å². The number of carbonyl (C=O) groups is 1. The number of piperidine rings is 1. The van der Waals surface area contributed by atoms with E-state index in [1.165, 1.54) is 12.1 Å². The van der Waals surface area contributed by atoms with Gasteiger partial charge in [0.1, 0.15) is 5.82 Å². The summed E-state index contributed by atoms with van der Waals surface area (Å²) in [7, 11) is 0. The van der Waals surface area contributed by atoms with E-state index in [9.17, 15) is 9.18 Å². The monoisotopic (exact) mass is 333 g/mol. The number of hydrogen-bond acceptors (Lipinski definition) is 2. The zero-order valence-electron chi connectivity index (χ0n) is 11.7. The largest absolute Gasteiger partial charge is 0.377 e. The molecule has 0 radical (unpaired) electrons. The van der Waals surface area contributed by atoms with Gasteiger partial charge in [-0.25, -0.2) is 4.39 Å². The van der Waals surface area contributed by atoms with Gasteiger partial charge in [-0.3, -0.25) is 4.79 Å². The fraction of sp³-hybridized carbons (Fsp3) is 0.533. The lowest BCUT2D eigenvalue weighted by Crippen LogP contribution is -2.41. The van der Waals surface area contributed by atoms with E-state index >= 15 is 0 Å². The summed E-state index contributed by atoms with van der Waals surface area (Å²) in [5, 5.41) is 0.295. The Bertz CT molecular complexity index is 470. The third-order valence-electron chi connectivity index (χ3n) is 3.62. The third kappa shape index (κ3) is 4.56. The number of rotatable bonds is 5. The molecular weight excluding hydrogens is 316 g/mol. The first kappa shape index (κ1) is 16.5. The number of carbonyl (C=O) groups excluding carboxylic acids is 1. The molecule has 1 fully saturated rings. The second kappa shape index (κ2) is 7.97. The van der Waals surface area contributed by atoms with Crippen molar-refractivity contribution in [1.82, 2.24) is 4.90 Å². The number of amides is 1. The van der Waals surface area contributed by atoms with E-state index in [-0.39, 0.29) is 24.0 Å². The molecule has 0 saturated carbocycles. The molecule has 2 rings (SSSR count). The highest BCUT2D eigenvalue weighted by Crippen LogP contribution is 2.21. The van der Waals surface area contributed by atoms with Crippen molar-refractivity contribution in [2.45, 2.75) is 25.4 Å². The number of halogens is 3. The predicted molar refractivity (Wildman–Crippen MR) is 81.4 cm³/mol. The quantitative estimate of drug-likeness (QED) is 0.774. The molecule has 0 unspecified atom stereocenters. The highest BCUT2D eigenvalue weighted by Gasteiger charge is 2.24. The van der Waals surface area contributed by atoms with Gasteiger partial charge in [-0.1, -0.05) is 17.7 Å². The zero-order chi connectivity index (χ0) is 15.2. The van der Waals surface area contributed by atoms with Gasteiger partial charge in [-0.15, -0.1) is 11.6 Å². The van der Waals surface area contributed by atoms with Gasteiger partial charge < -0.3 is 9.64 Å². The maximum absolute atomic E-state index is 13.7. The maximum atomic E-state index is 13.7. The summed E-state index contributed by atoms with van der Waals surface area (Å²) in [6.45, 7) is 1.78. The van der Waals surface area contributed by atoms with Crippen molar-refractivity contribution in [2.24, 2.45) is 0 Å². The molecule has 0 bridgehead atoms. The molecule has 3 nitrogen and oxygen atoms in total. The Kier molecular flexibility index (Phi) is 6.27. The van der Waals surface area contributed by atoms with Crippen LogP contribution in [0.3, 0.4) is 0 Å². The average molecular weight is 334 g/mol. The molecule has 0 aliphatic carbocycles. The van der Waals surface area contributed by atoms with Crippen molar-refractivity contribution in [3.8, 4) is 0 Å². The molecule has 1 aromatic carbocycles. The number of likely N-dealkylation sites (tertiary alicyclic amines) is 1. The molecule has 1 aliphatic rings. The standard InChI is InChI=1S/C15H18Cl2FNO2/c16-6-9-21-11-4-7-19(8-5-11)15(20)10-12-13(17)2-1-3-14(12)18/h1-3,11H,4-10H2. The van der Waals surface area contributed by atoms with E-state index in [1.54, 1.807) is 11.0 Å². The van der Waals surface area contributed by atoms with Crippen molar-refractivity contribution in [3.63, 3.8) is 0 Å². The van der Waals surface area contributed by atoms with Crippen LogP contribution in [-0.2, 0) is 16.0 Å². The third-order valence-corrected chi connectivity index (χ3v) is 4.12. The summed E-state index contributed by atoms with van der Waals surface area (Å²) in [5.41, 5.74) is 0.268. The zero-order valence-corrected chi connectivity index (χ0v) is 13.2. The summed E-state index contributed by atoms with van der Waals surface area (Å²) >= 11 is 11.5. The maximum Gasteiger partial charge on any atom is 0.227 e. The van der Waals surface area contributed by atoms with Crippen LogP contribution in [0.5, 0.6) is 0 Å². The van der Waals surface area contributed by atoms with Crippen molar-refractivity contribution < 1.29 is 13.9 Å². The van der Waals surface area contributed by atoms with Crippen molar-refractivity contribution in [1.29, 1.82) is 0 Å². The lowest BCUT2D eigenvalue weighted by molar-refractivity contribution is -0.133. The van der Waals surface area contributed by atoms with Crippen LogP contribution in [-0.4, -0.2) is 42.5 Å². The van der Waals surface area contributed by atoms with Gasteiger partial charge in [-0.05, 0) is 25.0 Å². The van der Waals surface area contributed by atoms with Gasteiger partial charge in [0.2, 0.25) is 5.91 Å². The molecule has 116 valence electrons. The molecule has 21 heavy (non-hydrogen) atoms. The van der Waals surface area contributed by atoms with Crippen LogP contribution < -0.4 is 0 Å². The SMILES string of the molecule is O=C(Cc1c(F)cccc1Cl)N1CCC(OCCCl)CC1. The first-order valence-corrected chi connectivity index (χ1v) is 7.91. The van der Waals surface area contributed by atoms with E-state index in [0.717, 1.165) is 12.8 Å². The Morgan fingerprint density at radius 2 is 2.10 bits per heavy atom. The molecule has 1 amide bonds. The minimum Gasteiger partial charge on any atom is -0.377 e. The smallest absolute Gasteiger partial charge is 0.227 e. The number of hydrogen-bond donors (Lipinski definition) is 0. The summed E-state index contributed by atoms with van der Waals surface area (Å²) < 4.78 is 19.3. The van der Waals surface area contributed by atoms with Gasteiger partial charge in [0.05, 0.1) is 19.1 Å². The number of benzene rings is 1. The highest BCUT2D eigenvalue weighted by molar-refractivity contribution is 6.31. The Morgan fingerprint density at radius 3 is 2.71 bits per heavy atom. The van der Waals surface area contributed by atoms with Crippen LogP contribution in [0.2, 0.25) is 5.02 Å². The van der Waals surface area contributed by atoms with Gasteiger partial charge in [0.25, 0.3) is 0 Å². The van der Waals surface area contributed by atoms with E-state index in [1.807, 2.05) is 0 Å². The molecule has 0 N–H and O–H groups in total. The van der Waals surface area contributed by atoms with E-state index in [0.29, 0.717) is 30.6 Å². The van der Waals surface area contributed by atoms with E-state index < -0.39 is 5.82 Å². The van der Waals surface area contributed by atoms with Gasteiger partial charge in [-0.2, -0.15) is 0 Å². The van der Waals surface area contributed by atoms with E-state index in [4.69, 9.17) is 27.9 Å². The predicted octanol–water partition coefficient (Wildman–Crippen LogP) is 3.27. The Hall–Kier alpha value is -0.840. The first-order valence-electron chi connectivity index (χ1n) is 7.00. The molecule has 1 saturated heterocycles. The Morgan fingerprint density at radius 1 is 1.38 bits per heavy atom. The summed E-state index contributed by atoms with van der Waals surface area (Å²) in [4.78, 5) is 14.0. The molecule has 0 spiro atoms. The number of nitrogens with zero attached hydrogens (tertiary/aromatic N) is 1. The minimum absolute atomic E-state index is 0.00128. The van der Waals surface area contributed by atoms with Crippen molar-refractivity contribution in [3.05, 3.63) is 34.6 Å². The fourth-order valence-electron chi connectivity index (χ4n) is 2.45. The average Bonchev–Trinajstić information content (AvgIpc) is 2.49. The fourth-order valence-corrected chi connectivity index (χ4v) is 2.77. The molecule has 0 aromatic heterocycles. The second-order valence-corrected chi connectivity index (χ2v) is 5.80. The van der Waals surface area contributed by atoms with Crippen molar-refractivity contribution >= 4 is 29.1 Å². The lowest BCUT2D eigenvalue weighted by Gasteiger charge is -2.32. The van der Waals surface area contributed by atoms with Gasteiger partial charge >= 0.3 is 0 Å². The Balaban J connectivity index is 1.88. The topological polar surface area (TPSA) is 29.5 Å². The van der Waals surface area contributed by atoms with Crippen LogP contribution in [0.4, 0.5) is 4.39 Å². The van der Waals surface area contributed by atoms with Gasteiger partial charge in [0, 0.05) is 29.6 Å². The second-order valence-electron chi connectivity index (χ2n) is 5.02. The Labute approximate surface area is 134 Å². The number of ether oxygens (including phenoxy) is 1. The van der Waals surface area contributed by atoms with Crippen LogP contribution in [0.25, 0.3) is 0 Å². The lowest BCUT2D eigenvalue weighted by atomic mass is 10.1. The highest BCUT2D eigenvalue weighted by atomic mass is 35.5. The first-order chi connectivity index (χ1) is 10.1. The van der Waals surface area contributed by atoms with Crippen molar-refractivity contribution in [2.75, 3.05) is 25.6 Å². The minimum atomic E-state index is -0.434. The summed E-state index contributed by atoms with van der Waals surface area (Å²) in [5.74, 6) is -0.0562. The normalized spacial score (nSPS) is 16.2. The molecule has 1 heterocycles. The van der Waals surface area contributed by atoms with Crippen LogP contribution in [0, 0.1) is 5.82 Å². The molecule has 6 heteroatoms. The summed E-state index contributed by atoms with van der Waals surface area (Å²) in [6, 6.07) is 4.45. The van der Waals surface area contributed by atoms with Crippen LogP contribution in [0.15, 0.2) is 18.2 Å².